The van der Waals surface area contributed by atoms with Gasteiger partial charge in [0.1, 0.15) is 17.9 Å². The van der Waals surface area contributed by atoms with Gasteiger partial charge in [-0.25, -0.2) is 4.79 Å². The molecule has 0 radical (unpaired) electrons. The summed E-state index contributed by atoms with van der Waals surface area (Å²) in [6.07, 6.45) is 0. The number of alkyl halides is 1. The van der Waals surface area contributed by atoms with E-state index in [1.54, 1.807) is 19.2 Å². The maximum absolute atomic E-state index is 11.5. The summed E-state index contributed by atoms with van der Waals surface area (Å²) in [4.78, 5) is 14.2. The topological polar surface area (TPSA) is 73.0 Å². The van der Waals surface area contributed by atoms with Crippen LogP contribution in [0.3, 0.4) is 0 Å². The predicted molar refractivity (Wildman–Crippen MR) is 64.2 cm³/mol. The number of imidazole rings is 1. The molecule has 0 unspecified atom stereocenters. The fourth-order valence-corrected chi connectivity index (χ4v) is 1.71. The number of nitrogen functional groups attached to an aromatic ring is 1. The Morgan fingerprint density at radius 2 is 2.31 bits per heavy atom. The van der Waals surface area contributed by atoms with Crippen molar-refractivity contribution in [3.8, 4) is 5.75 Å². The minimum absolute atomic E-state index is 0.198. The number of fused-ring (bicyclic) bond motifs is 1. The summed E-state index contributed by atoms with van der Waals surface area (Å²) in [7, 11) is 1.67. The highest BCUT2D eigenvalue weighted by Crippen LogP contribution is 2.26. The van der Waals surface area contributed by atoms with Crippen molar-refractivity contribution in [1.29, 1.82) is 0 Å². The van der Waals surface area contributed by atoms with Gasteiger partial charge in [-0.1, -0.05) is 0 Å². The molecule has 0 aliphatic rings. The zero-order valence-corrected chi connectivity index (χ0v) is 9.54. The molecule has 86 valence electrons. The van der Waals surface area contributed by atoms with Gasteiger partial charge in [0, 0.05) is 18.8 Å². The Morgan fingerprint density at radius 3 is 3.00 bits per heavy atom. The van der Waals surface area contributed by atoms with E-state index in [1.807, 2.05) is 0 Å². The van der Waals surface area contributed by atoms with Gasteiger partial charge in [-0.3, -0.25) is 4.57 Å². The maximum atomic E-state index is 11.5. The zero-order chi connectivity index (χ0) is 11.7. The highest BCUT2D eigenvalue weighted by atomic mass is 35.5. The van der Waals surface area contributed by atoms with Gasteiger partial charge >= 0.3 is 5.69 Å². The van der Waals surface area contributed by atoms with Crippen LogP contribution in [0, 0.1) is 0 Å². The fraction of sp³-hybridized carbons (Fsp3) is 0.300. The molecule has 6 heteroatoms. The number of aromatic amines is 1. The summed E-state index contributed by atoms with van der Waals surface area (Å²) in [5.41, 5.74) is 7.42. The van der Waals surface area contributed by atoms with Crippen molar-refractivity contribution in [2.45, 2.75) is 0 Å². The van der Waals surface area contributed by atoms with Crippen LogP contribution in [-0.4, -0.2) is 22.0 Å². The normalized spacial score (nSPS) is 10.9. The number of H-pyrrole nitrogens is 1. The van der Waals surface area contributed by atoms with Crippen LogP contribution in [-0.2, 0) is 7.05 Å². The van der Waals surface area contributed by atoms with E-state index >= 15 is 0 Å². The third kappa shape index (κ3) is 1.74. The van der Waals surface area contributed by atoms with E-state index < -0.39 is 0 Å². The molecule has 5 nitrogen and oxygen atoms in total. The Balaban J connectivity index is 2.65. The first-order valence-corrected chi connectivity index (χ1v) is 5.34. The molecule has 2 rings (SSSR count). The van der Waals surface area contributed by atoms with Crippen LogP contribution in [0.5, 0.6) is 5.75 Å². The Kier molecular flexibility index (Phi) is 2.78. The van der Waals surface area contributed by atoms with E-state index in [2.05, 4.69) is 4.98 Å². The number of halogens is 1. The second kappa shape index (κ2) is 4.09. The monoisotopic (exact) mass is 241 g/mol. The lowest BCUT2D eigenvalue weighted by atomic mass is 10.2. The van der Waals surface area contributed by atoms with Crippen LogP contribution < -0.4 is 16.2 Å². The van der Waals surface area contributed by atoms with Crippen molar-refractivity contribution >= 4 is 28.3 Å². The molecule has 0 bridgehead atoms. The first-order chi connectivity index (χ1) is 7.63. The number of hydrogen-bond donors (Lipinski definition) is 2. The number of nitrogens with zero attached hydrogens (tertiary/aromatic N) is 1. The highest BCUT2D eigenvalue weighted by molar-refractivity contribution is 6.18. The van der Waals surface area contributed by atoms with Gasteiger partial charge in [0.2, 0.25) is 0 Å². The van der Waals surface area contributed by atoms with Crippen molar-refractivity contribution in [3.05, 3.63) is 22.6 Å². The van der Waals surface area contributed by atoms with E-state index in [4.69, 9.17) is 22.1 Å². The molecule has 0 saturated carbocycles. The van der Waals surface area contributed by atoms with E-state index in [-0.39, 0.29) is 5.69 Å². The first-order valence-electron chi connectivity index (χ1n) is 4.80. The summed E-state index contributed by atoms with van der Waals surface area (Å²) in [6.45, 7) is 0.374. The fourth-order valence-electron chi connectivity index (χ4n) is 1.63. The predicted octanol–water partition coefficient (Wildman–Crippen LogP) is 1.07. The molecule has 1 heterocycles. The van der Waals surface area contributed by atoms with Gasteiger partial charge in [-0.05, 0) is 6.07 Å². The van der Waals surface area contributed by atoms with E-state index in [0.717, 1.165) is 0 Å². The van der Waals surface area contributed by atoms with Gasteiger partial charge in [-0.15, -0.1) is 11.6 Å². The van der Waals surface area contributed by atoms with E-state index in [0.29, 0.717) is 35.0 Å². The van der Waals surface area contributed by atoms with Crippen LogP contribution in [0.4, 0.5) is 5.69 Å². The molecular weight excluding hydrogens is 230 g/mol. The van der Waals surface area contributed by atoms with Crippen molar-refractivity contribution in [2.75, 3.05) is 18.2 Å². The average molecular weight is 242 g/mol. The Hall–Kier alpha value is -1.62. The van der Waals surface area contributed by atoms with Gasteiger partial charge in [-0.2, -0.15) is 0 Å². The van der Waals surface area contributed by atoms with Crippen LogP contribution in [0.2, 0.25) is 0 Å². The van der Waals surface area contributed by atoms with Gasteiger partial charge in [0.15, 0.2) is 0 Å². The molecule has 2 aromatic rings. The number of nitrogens with one attached hydrogen (secondary N) is 1. The second-order valence-electron chi connectivity index (χ2n) is 3.44. The molecule has 1 aromatic heterocycles. The lowest BCUT2D eigenvalue weighted by molar-refractivity contribution is 0.345. The highest BCUT2D eigenvalue weighted by Gasteiger charge is 2.10. The third-order valence-corrected chi connectivity index (χ3v) is 2.47. The minimum Gasteiger partial charge on any atom is -0.490 e. The lowest BCUT2D eigenvalue weighted by Crippen LogP contribution is -2.12. The number of aryl methyl sites for hydroxylation is 1. The molecule has 0 aliphatic heterocycles. The molecule has 16 heavy (non-hydrogen) atoms. The van der Waals surface area contributed by atoms with Crippen LogP contribution in [0.15, 0.2) is 16.9 Å². The largest absolute Gasteiger partial charge is 0.490 e. The van der Waals surface area contributed by atoms with Gasteiger partial charge < -0.3 is 15.5 Å². The summed E-state index contributed by atoms with van der Waals surface area (Å²) in [5.74, 6) is 0.950. The second-order valence-corrected chi connectivity index (χ2v) is 3.82. The summed E-state index contributed by atoms with van der Waals surface area (Å²) in [5, 5.41) is 0. The number of anilines is 1. The maximum Gasteiger partial charge on any atom is 0.326 e. The van der Waals surface area contributed by atoms with Crippen molar-refractivity contribution in [1.82, 2.24) is 9.55 Å². The summed E-state index contributed by atoms with van der Waals surface area (Å²) < 4.78 is 6.94. The van der Waals surface area contributed by atoms with E-state index in [1.165, 1.54) is 4.57 Å². The molecule has 0 aliphatic carbocycles. The number of rotatable bonds is 3. The number of aromatic nitrogens is 2. The van der Waals surface area contributed by atoms with Crippen molar-refractivity contribution in [2.24, 2.45) is 7.05 Å². The third-order valence-electron chi connectivity index (χ3n) is 2.31. The molecule has 0 amide bonds. The summed E-state index contributed by atoms with van der Waals surface area (Å²) >= 11 is 5.55. The van der Waals surface area contributed by atoms with Crippen molar-refractivity contribution in [3.63, 3.8) is 0 Å². The number of ether oxygens (including phenoxy) is 1. The van der Waals surface area contributed by atoms with E-state index in [9.17, 15) is 4.79 Å². The number of nitrogens with two attached hydrogens (primary N) is 1. The average Bonchev–Trinajstić information content (AvgIpc) is 2.51. The molecule has 0 spiro atoms. The minimum atomic E-state index is -0.198. The smallest absolute Gasteiger partial charge is 0.326 e. The standard InChI is InChI=1S/C10H12ClN3O2/c1-14-9-7(13-10(14)15)4-6(12)5-8(9)16-3-2-11/h4-5H,2-3,12H2,1H3,(H,13,15). The molecule has 1 aromatic carbocycles. The zero-order valence-electron chi connectivity index (χ0n) is 8.79. The Labute approximate surface area is 96.8 Å². The summed E-state index contributed by atoms with van der Waals surface area (Å²) in [6, 6.07) is 3.38. The Bertz CT molecular complexity index is 573. The van der Waals surface area contributed by atoms with Crippen LogP contribution in [0.1, 0.15) is 0 Å². The quantitative estimate of drug-likeness (QED) is 0.624. The SMILES string of the molecule is Cn1c(=O)[nH]c2cc(N)cc(OCCCl)c21. The number of benzene rings is 1. The van der Waals surface area contributed by atoms with Gasteiger partial charge in [0.25, 0.3) is 0 Å². The molecule has 3 N–H and O–H groups in total. The number of hydrogen-bond acceptors (Lipinski definition) is 3. The Morgan fingerprint density at radius 1 is 1.56 bits per heavy atom. The molecule has 0 fully saturated rings. The van der Waals surface area contributed by atoms with Crippen LogP contribution in [0.25, 0.3) is 11.0 Å². The van der Waals surface area contributed by atoms with Crippen LogP contribution >= 0.6 is 11.6 Å². The first kappa shape index (κ1) is 10.9. The van der Waals surface area contributed by atoms with Gasteiger partial charge in [0.05, 0.1) is 11.4 Å². The molecule has 0 atom stereocenters. The van der Waals surface area contributed by atoms with Crippen molar-refractivity contribution < 1.29 is 4.74 Å². The molecular formula is C10H12ClN3O2. The lowest BCUT2D eigenvalue weighted by Gasteiger charge is -2.07. The molecule has 0 saturated heterocycles.